The number of piperazine rings is 1. The average molecular weight is 420 g/mol. The van der Waals surface area contributed by atoms with Crippen molar-refractivity contribution in [3.63, 3.8) is 0 Å². The van der Waals surface area contributed by atoms with Gasteiger partial charge in [0, 0.05) is 43.5 Å². The zero-order valence-electron chi connectivity index (χ0n) is 16.4. The van der Waals surface area contributed by atoms with Gasteiger partial charge in [0.05, 0.1) is 17.1 Å². The van der Waals surface area contributed by atoms with Gasteiger partial charge in [-0.2, -0.15) is 0 Å². The lowest BCUT2D eigenvalue weighted by Gasteiger charge is -2.35. The first-order chi connectivity index (χ1) is 13.4. The van der Waals surface area contributed by atoms with Crippen LogP contribution in [0.1, 0.15) is 32.4 Å². The summed E-state index contributed by atoms with van der Waals surface area (Å²) in [6.45, 7) is 6.66. The van der Waals surface area contributed by atoms with Gasteiger partial charge in [-0.05, 0) is 18.4 Å². The lowest BCUT2D eigenvalue weighted by molar-refractivity contribution is -0.139. The van der Waals surface area contributed by atoms with Crippen LogP contribution < -0.4 is 0 Å². The number of hydrogen-bond donors (Lipinski definition) is 0. The number of aromatic nitrogens is 1. The lowest BCUT2D eigenvalue weighted by atomic mass is 10.1. The molecule has 7 heteroatoms. The monoisotopic (exact) mass is 419 g/mol. The molecule has 1 aliphatic heterocycles. The summed E-state index contributed by atoms with van der Waals surface area (Å²) in [5, 5.41) is 3.41. The van der Waals surface area contributed by atoms with E-state index in [-0.39, 0.29) is 18.2 Å². The SMILES string of the molecule is CC(C)CCC(=O)N1CCN(C(=O)Cc2csc(-c3ccccc3Cl)n2)CC1. The quantitative estimate of drug-likeness (QED) is 0.707. The number of hydrogen-bond acceptors (Lipinski definition) is 4. The molecule has 3 rings (SSSR count). The minimum Gasteiger partial charge on any atom is -0.339 e. The molecule has 0 unspecified atom stereocenters. The first-order valence-electron chi connectivity index (χ1n) is 9.69. The van der Waals surface area contributed by atoms with Crippen LogP contribution in [0.15, 0.2) is 29.6 Å². The predicted octanol–water partition coefficient (Wildman–Crippen LogP) is 4.11. The standard InChI is InChI=1S/C21H26ClN3O2S/c1-15(2)7-8-19(26)24-9-11-25(12-10-24)20(27)13-16-14-28-21(23-16)17-5-3-4-6-18(17)22/h3-6,14-15H,7-13H2,1-2H3. The molecule has 0 radical (unpaired) electrons. The fourth-order valence-electron chi connectivity index (χ4n) is 3.19. The topological polar surface area (TPSA) is 53.5 Å². The van der Waals surface area contributed by atoms with E-state index in [0.29, 0.717) is 43.5 Å². The number of rotatable bonds is 6. The fraction of sp³-hybridized carbons (Fsp3) is 0.476. The molecule has 2 aromatic rings. The van der Waals surface area contributed by atoms with Crippen molar-refractivity contribution in [1.29, 1.82) is 0 Å². The van der Waals surface area contributed by atoms with Crippen molar-refractivity contribution in [3.05, 3.63) is 40.4 Å². The van der Waals surface area contributed by atoms with E-state index in [1.807, 2.05) is 39.4 Å². The molecule has 5 nitrogen and oxygen atoms in total. The summed E-state index contributed by atoms with van der Waals surface area (Å²) < 4.78 is 0. The van der Waals surface area contributed by atoms with Crippen molar-refractivity contribution in [1.82, 2.24) is 14.8 Å². The summed E-state index contributed by atoms with van der Waals surface area (Å²) in [6, 6.07) is 7.58. The van der Waals surface area contributed by atoms with Crippen LogP contribution in [-0.2, 0) is 16.0 Å². The van der Waals surface area contributed by atoms with Crippen LogP contribution in [0.25, 0.3) is 10.6 Å². The van der Waals surface area contributed by atoms with Crippen LogP contribution in [0.4, 0.5) is 0 Å². The molecule has 0 spiro atoms. The molecule has 2 heterocycles. The summed E-state index contributed by atoms with van der Waals surface area (Å²) in [5.41, 5.74) is 1.65. The first-order valence-corrected chi connectivity index (χ1v) is 10.9. The number of benzene rings is 1. The molecule has 1 aromatic carbocycles. The van der Waals surface area contributed by atoms with Gasteiger partial charge in [-0.25, -0.2) is 4.98 Å². The second kappa shape index (κ2) is 9.52. The molecule has 1 fully saturated rings. The lowest BCUT2D eigenvalue weighted by Crippen LogP contribution is -2.51. The Hall–Kier alpha value is -1.92. The van der Waals surface area contributed by atoms with Gasteiger partial charge in [-0.3, -0.25) is 9.59 Å². The molecule has 1 aliphatic rings. The highest BCUT2D eigenvalue weighted by Crippen LogP contribution is 2.30. The molecule has 28 heavy (non-hydrogen) atoms. The number of halogens is 1. The van der Waals surface area contributed by atoms with Gasteiger partial charge in [0.15, 0.2) is 0 Å². The molecule has 1 aromatic heterocycles. The van der Waals surface area contributed by atoms with Gasteiger partial charge >= 0.3 is 0 Å². The largest absolute Gasteiger partial charge is 0.339 e. The number of thiazole rings is 1. The summed E-state index contributed by atoms with van der Waals surface area (Å²) in [5.74, 6) is 0.788. The average Bonchev–Trinajstić information content (AvgIpc) is 3.14. The summed E-state index contributed by atoms with van der Waals surface area (Å²) in [4.78, 5) is 33.2. The van der Waals surface area contributed by atoms with Gasteiger partial charge in [-0.15, -0.1) is 11.3 Å². The van der Waals surface area contributed by atoms with E-state index in [2.05, 4.69) is 18.8 Å². The highest BCUT2D eigenvalue weighted by molar-refractivity contribution is 7.13. The van der Waals surface area contributed by atoms with E-state index in [0.717, 1.165) is 22.7 Å². The van der Waals surface area contributed by atoms with Crippen LogP contribution in [0.3, 0.4) is 0 Å². The molecule has 2 amide bonds. The molecule has 0 aliphatic carbocycles. The van der Waals surface area contributed by atoms with E-state index in [4.69, 9.17) is 11.6 Å². The molecule has 0 bridgehead atoms. The first kappa shape index (κ1) is 20.8. The van der Waals surface area contributed by atoms with Crippen LogP contribution in [0.5, 0.6) is 0 Å². The normalized spacial score (nSPS) is 14.6. The number of carbonyl (C=O) groups excluding carboxylic acids is 2. The number of amides is 2. The molecular formula is C21H26ClN3O2S. The Bertz CT molecular complexity index is 829. The summed E-state index contributed by atoms with van der Waals surface area (Å²) in [6.07, 6.45) is 1.78. The van der Waals surface area contributed by atoms with Crippen molar-refractivity contribution >= 4 is 34.8 Å². The van der Waals surface area contributed by atoms with E-state index in [9.17, 15) is 9.59 Å². The molecule has 0 saturated carbocycles. The summed E-state index contributed by atoms with van der Waals surface area (Å²) in [7, 11) is 0. The predicted molar refractivity (Wildman–Crippen MR) is 113 cm³/mol. The Balaban J connectivity index is 1.51. The Kier molecular flexibility index (Phi) is 7.08. The maximum atomic E-state index is 12.6. The van der Waals surface area contributed by atoms with Crippen LogP contribution in [0, 0.1) is 5.92 Å². The molecular weight excluding hydrogens is 394 g/mol. The van der Waals surface area contributed by atoms with Crippen molar-refractivity contribution in [2.45, 2.75) is 33.1 Å². The maximum absolute atomic E-state index is 12.6. The number of carbonyl (C=O) groups is 2. The molecule has 150 valence electrons. The van der Waals surface area contributed by atoms with Gasteiger partial charge in [-0.1, -0.05) is 43.6 Å². The second-order valence-corrected chi connectivity index (χ2v) is 8.76. The van der Waals surface area contributed by atoms with Crippen molar-refractivity contribution in [2.24, 2.45) is 5.92 Å². The minimum atomic E-state index is 0.0605. The van der Waals surface area contributed by atoms with Crippen LogP contribution in [-0.4, -0.2) is 52.8 Å². The Morgan fingerprint density at radius 1 is 1.11 bits per heavy atom. The third-order valence-electron chi connectivity index (χ3n) is 4.91. The van der Waals surface area contributed by atoms with E-state index >= 15 is 0 Å². The van der Waals surface area contributed by atoms with Gasteiger partial charge in [0.25, 0.3) is 0 Å². The van der Waals surface area contributed by atoms with Gasteiger partial charge in [0.1, 0.15) is 5.01 Å². The third-order valence-corrected chi connectivity index (χ3v) is 6.16. The Morgan fingerprint density at radius 2 is 1.75 bits per heavy atom. The van der Waals surface area contributed by atoms with Crippen molar-refractivity contribution < 1.29 is 9.59 Å². The van der Waals surface area contributed by atoms with Gasteiger partial charge < -0.3 is 9.80 Å². The number of nitrogens with zero attached hydrogens (tertiary/aromatic N) is 3. The van der Waals surface area contributed by atoms with E-state index < -0.39 is 0 Å². The zero-order valence-corrected chi connectivity index (χ0v) is 17.9. The highest BCUT2D eigenvalue weighted by Gasteiger charge is 2.24. The Labute approximate surface area is 175 Å². The minimum absolute atomic E-state index is 0.0605. The Morgan fingerprint density at radius 3 is 2.39 bits per heavy atom. The third kappa shape index (κ3) is 5.32. The second-order valence-electron chi connectivity index (χ2n) is 7.49. The molecule has 0 atom stereocenters. The molecule has 1 saturated heterocycles. The smallest absolute Gasteiger partial charge is 0.228 e. The fourth-order valence-corrected chi connectivity index (χ4v) is 4.33. The van der Waals surface area contributed by atoms with Gasteiger partial charge in [0.2, 0.25) is 11.8 Å². The summed E-state index contributed by atoms with van der Waals surface area (Å²) >= 11 is 7.73. The van der Waals surface area contributed by atoms with E-state index in [1.54, 1.807) is 0 Å². The van der Waals surface area contributed by atoms with Crippen LogP contribution >= 0.6 is 22.9 Å². The van der Waals surface area contributed by atoms with E-state index in [1.165, 1.54) is 11.3 Å². The van der Waals surface area contributed by atoms with Crippen molar-refractivity contribution in [2.75, 3.05) is 26.2 Å². The highest BCUT2D eigenvalue weighted by atomic mass is 35.5. The molecule has 0 N–H and O–H groups in total. The zero-order chi connectivity index (χ0) is 20.1. The van der Waals surface area contributed by atoms with Crippen LogP contribution in [0.2, 0.25) is 5.02 Å². The maximum Gasteiger partial charge on any atom is 0.228 e. The van der Waals surface area contributed by atoms with Crippen molar-refractivity contribution in [3.8, 4) is 10.6 Å².